The highest BCUT2D eigenvalue weighted by Crippen LogP contribution is 2.24. The second-order valence-corrected chi connectivity index (χ2v) is 8.36. The molecular formula is C11H15F3N2O6S2. The number of ether oxygens (including phenoxy) is 1. The average molecular weight is 392 g/mol. The van der Waals surface area contributed by atoms with Crippen LogP contribution in [-0.2, 0) is 24.2 Å². The van der Waals surface area contributed by atoms with Crippen LogP contribution in [0.2, 0.25) is 0 Å². The quantitative estimate of drug-likeness (QED) is 0.603. The van der Waals surface area contributed by atoms with Crippen LogP contribution in [-0.4, -0.2) is 68.2 Å². The Balaban J connectivity index is 2.17. The molecule has 1 aliphatic heterocycles. The van der Waals surface area contributed by atoms with E-state index >= 15 is 0 Å². The van der Waals surface area contributed by atoms with Gasteiger partial charge in [0.2, 0.25) is 0 Å². The molecule has 0 aliphatic carbocycles. The first-order valence-corrected chi connectivity index (χ1v) is 9.46. The van der Waals surface area contributed by atoms with Gasteiger partial charge in [-0.05, 0) is 6.42 Å². The Morgan fingerprint density at radius 2 is 1.92 bits per heavy atom. The van der Waals surface area contributed by atoms with Gasteiger partial charge in [0.05, 0.1) is 17.3 Å². The Morgan fingerprint density at radius 3 is 2.46 bits per heavy atom. The summed E-state index contributed by atoms with van der Waals surface area (Å²) in [5.41, 5.74) is 0. The molecule has 0 aromatic heterocycles. The Morgan fingerprint density at radius 1 is 1.25 bits per heavy atom. The molecule has 0 saturated carbocycles. The summed E-state index contributed by atoms with van der Waals surface area (Å²) in [6.07, 6.45) is -4.18. The topological polar surface area (TPSA) is 119 Å². The molecule has 0 aromatic carbocycles. The predicted octanol–water partition coefficient (Wildman–Crippen LogP) is -0.162. The van der Waals surface area contributed by atoms with Gasteiger partial charge in [-0.1, -0.05) is 0 Å². The molecule has 0 unspecified atom stereocenters. The van der Waals surface area contributed by atoms with Crippen molar-refractivity contribution in [3.05, 3.63) is 0 Å². The lowest BCUT2D eigenvalue weighted by Gasteiger charge is -2.10. The number of esters is 1. The Kier molecular flexibility index (Phi) is 7.32. The number of alkyl halides is 3. The normalized spacial score (nSPS) is 19.5. The van der Waals surface area contributed by atoms with Crippen LogP contribution in [0.5, 0.6) is 0 Å². The second-order valence-electron chi connectivity index (χ2n) is 4.84. The van der Waals surface area contributed by atoms with E-state index in [2.05, 4.69) is 4.74 Å². The van der Waals surface area contributed by atoms with Crippen molar-refractivity contribution >= 4 is 39.5 Å². The fourth-order valence-electron chi connectivity index (χ4n) is 1.65. The number of urea groups is 1. The van der Waals surface area contributed by atoms with Crippen molar-refractivity contribution in [2.75, 3.05) is 30.4 Å². The van der Waals surface area contributed by atoms with E-state index in [0.29, 0.717) is 6.42 Å². The number of sulfone groups is 1. The van der Waals surface area contributed by atoms with E-state index in [0.717, 1.165) is 11.8 Å². The molecule has 2 N–H and O–H groups in total. The highest BCUT2D eigenvalue weighted by molar-refractivity contribution is 8.02. The van der Waals surface area contributed by atoms with Crippen molar-refractivity contribution in [1.82, 2.24) is 10.6 Å². The van der Waals surface area contributed by atoms with Gasteiger partial charge in [-0.25, -0.2) is 13.2 Å². The van der Waals surface area contributed by atoms with Crippen LogP contribution in [0.3, 0.4) is 0 Å². The summed E-state index contributed by atoms with van der Waals surface area (Å²) in [6, 6.07) is -1.36. The lowest BCUT2D eigenvalue weighted by molar-refractivity contribution is -0.145. The molecule has 24 heavy (non-hydrogen) atoms. The molecule has 1 rings (SSSR count). The van der Waals surface area contributed by atoms with E-state index in [4.69, 9.17) is 0 Å². The van der Waals surface area contributed by atoms with Gasteiger partial charge in [0.15, 0.2) is 16.4 Å². The highest BCUT2D eigenvalue weighted by atomic mass is 32.2. The standard InChI is InChI=1S/C11H15F3N2O6S2/c12-11(13,14)6-15-10(19)16-8(17)3-22-9(18)4-23-7-1-2-24(20,21)5-7/h7H,1-6H2,(H2,15,16,17,19)/t7-/m0/s1. The van der Waals surface area contributed by atoms with Gasteiger partial charge in [0.25, 0.3) is 5.91 Å². The van der Waals surface area contributed by atoms with E-state index in [1.165, 1.54) is 5.32 Å². The second kappa shape index (κ2) is 8.55. The maximum absolute atomic E-state index is 11.8. The Labute approximate surface area is 139 Å². The minimum absolute atomic E-state index is 0.0230. The van der Waals surface area contributed by atoms with E-state index in [-0.39, 0.29) is 22.5 Å². The number of hydrogen-bond donors (Lipinski definition) is 2. The summed E-state index contributed by atoms with van der Waals surface area (Å²) in [5.74, 6) is -2.01. The fraction of sp³-hybridized carbons (Fsp3) is 0.727. The Bertz CT molecular complexity index is 593. The van der Waals surface area contributed by atoms with Gasteiger partial charge in [-0.2, -0.15) is 13.2 Å². The maximum Gasteiger partial charge on any atom is 0.405 e. The monoisotopic (exact) mass is 392 g/mol. The van der Waals surface area contributed by atoms with Crippen LogP contribution >= 0.6 is 11.8 Å². The summed E-state index contributed by atoms with van der Waals surface area (Å²) in [6.45, 7) is -2.44. The number of carbonyl (C=O) groups is 3. The molecular weight excluding hydrogens is 377 g/mol. The van der Waals surface area contributed by atoms with Crippen molar-refractivity contribution in [3.63, 3.8) is 0 Å². The number of carbonyl (C=O) groups excluding carboxylic acids is 3. The molecule has 1 saturated heterocycles. The lowest BCUT2D eigenvalue weighted by atomic mass is 10.4. The molecule has 8 nitrogen and oxygen atoms in total. The zero-order valence-electron chi connectivity index (χ0n) is 12.2. The number of nitrogens with one attached hydrogen (secondary N) is 2. The highest BCUT2D eigenvalue weighted by Gasteiger charge is 2.29. The van der Waals surface area contributed by atoms with E-state index < -0.39 is 47.1 Å². The van der Waals surface area contributed by atoms with E-state index in [1.807, 2.05) is 0 Å². The predicted molar refractivity (Wildman–Crippen MR) is 78.1 cm³/mol. The molecule has 1 atom stereocenters. The van der Waals surface area contributed by atoms with Gasteiger partial charge < -0.3 is 10.1 Å². The summed E-state index contributed by atoms with van der Waals surface area (Å²) >= 11 is 1.08. The summed E-state index contributed by atoms with van der Waals surface area (Å²) in [4.78, 5) is 33.6. The van der Waals surface area contributed by atoms with Crippen molar-refractivity contribution in [3.8, 4) is 0 Å². The number of hydrogen-bond acceptors (Lipinski definition) is 7. The summed E-state index contributed by atoms with van der Waals surface area (Å²) in [5, 5.41) is 2.76. The van der Waals surface area contributed by atoms with Crippen LogP contribution in [0, 0.1) is 0 Å². The number of rotatable bonds is 6. The molecule has 138 valence electrons. The number of amides is 3. The van der Waals surface area contributed by atoms with Crippen molar-refractivity contribution in [1.29, 1.82) is 0 Å². The summed E-state index contributed by atoms with van der Waals surface area (Å²) < 4.78 is 62.5. The van der Waals surface area contributed by atoms with Gasteiger partial charge in [-0.3, -0.25) is 14.9 Å². The first-order chi connectivity index (χ1) is 11.0. The first-order valence-electron chi connectivity index (χ1n) is 6.59. The number of halogens is 3. The molecule has 0 bridgehead atoms. The first kappa shape index (κ1) is 20.5. The van der Waals surface area contributed by atoms with Crippen molar-refractivity contribution in [2.45, 2.75) is 17.8 Å². The third kappa shape index (κ3) is 8.96. The van der Waals surface area contributed by atoms with Gasteiger partial charge >= 0.3 is 18.2 Å². The molecule has 0 aromatic rings. The zero-order valence-corrected chi connectivity index (χ0v) is 13.9. The third-order valence-corrected chi connectivity index (χ3v) is 5.95. The number of imide groups is 1. The van der Waals surface area contributed by atoms with E-state index in [1.54, 1.807) is 5.32 Å². The third-order valence-electron chi connectivity index (χ3n) is 2.69. The van der Waals surface area contributed by atoms with Crippen LogP contribution in [0.15, 0.2) is 0 Å². The SMILES string of the molecule is O=C(COC(=O)CS[C@H]1CCS(=O)(=O)C1)NC(=O)NCC(F)(F)F. The maximum atomic E-state index is 11.8. The number of thioether (sulfide) groups is 1. The largest absolute Gasteiger partial charge is 0.455 e. The molecule has 1 aliphatic rings. The van der Waals surface area contributed by atoms with Gasteiger partial charge in [0, 0.05) is 5.25 Å². The van der Waals surface area contributed by atoms with Crippen molar-refractivity contribution in [2.24, 2.45) is 0 Å². The smallest absolute Gasteiger partial charge is 0.405 e. The molecule has 0 radical (unpaired) electrons. The average Bonchev–Trinajstić information content (AvgIpc) is 2.79. The minimum Gasteiger partial charge on any atom is -0.455 e. The van der Waals surface area contributed by atoms with Crippen molar-refractivity contribution < 1.29 is 40.7 Å². The fourth-order valence-corrected chi connectivity index (χ4v) is 5.09. The molecule has 3 amide bonds. The minimum atomic E-state index is -4.61. The summed E-state index contributed by atoms with van der Waals surface area (Å²) in [7, 11) is -3.06. The van der Waals surface area contributed by atoms with Crippen LogP contribution in [0.25, 0.3) is 0 Å². The van der Waals surface area contributed by atoms with Gasteiger partial charge in [0.1, 0.15) is 6.54 Å². The molecule has 1 heterocycles. The van der Waals surface area contributed by atoms with Crippen LogP contribution in [0.1, 0.15) is 6.42 Å². The van der Waals surface area contributed by atoms with Gasteiger partial charge in [-0.15, -0.1) is 11.8 Å². The molecule has 0 spiro atoms. The van der Waals surface area contributed by atoms with Crippen LogP contribution < -0.4 is 10.6 Å². The Hall–Kier alpha value is -1.50. The molecule has 1 fully saturated rings. The van der Waals surface area contributed by atoms with Crippen LogP contribution in [0.4, 0.5) is 18.0 Å². The molecule has 13 heteroatoms. The van der Waals surface area contributed by atoms with E-state index in [9.17, 15) is 36.0 Å². The zero-order chi connectivity index (χ0) is 18.4. The lowest BCUT2D eigenvalue weighted by Crippen LogP contribution is -2.44.